The third-order valence-corrected chi connectivity index (χ3v) is 2.38. The molecule has 92 valence electrons. The van der Waals surface area contributed by atoms with E-state index in [9.17, 15) is 4.79 Å². The van der Waals surface area contributed by atoms with Gasteiger partial charge in [-0.05, 0) is 17.3 Å². The van der Waals surface area contributed by atoms with E-state index < -0.39 is 0 Å². The van der Waals surface area contributed by atoms with Crippen LogP contribution >= 0.6 is 12.4 Å². The average Bonchev–Trinajstić information content (AvgIpc) is 2.87. The van der Waals surface area contributed by atoms with E-state index in [1.165, 1.54) is 0 Å². The Bertz CT molecular complexity index is 738. The zero-order valence-electron chi connectivity index (χ0n) is 8.95. The number of nitrogens with zero attached hydrogens (tertiary/aromatic N) is 3. The van der Waals surface area contributed by atoms with Crippen LogP contribution in [-0.4, -0.2) is 20.6 Å². The van der Waals surface area contributed by atoms with Gasteiger partial charge >= 0.3 is 0 Å². The highest BCUT2D eigenvalue weighted by Crippen LogP contribution is 2.23. The maximum absolute atomic E-state index is 12.0. The van der Waals surface area contributed by atoms with E-state index in [-0.39, 0.29) is 35.1 Å². The Morgan fingerprint density at radius 3 is 2.78 bits per heavy atom. The monoisotopic (exact) mass is 265 g/mol. The molecule has 0 radical (unpaired) electrons. The van der Waals surface area contributed by atoms with Crippen LogP contribution in [0.25, 0.3) is 22.6 Å². The third-order valence-electron chi connectivity index (χ3n) is 2.38. The van der Waals surface area contributed by atoms with Crippen molar-refractivity contribution >= 4 is 29.1 Å². The van der Waals surface area contributed by atoms with E-state index in [0.29, 0.717) is 11.0 Å². The van der Waals surface area contributed by atoms with Gasteiger partial charge in [-0.15, -0.1) is 22.6 Å². The van der Waals surface area contributed by atoms with E-state index in [1.807, 2.05) is 0 Å². The van der Waals surface area contributed by atoms with Crippen molar-refractivity contribution in [1.82, 2.24) is 20.6 Å². The Balaban J connectivity index is 0.00000120. The van der Waals surface area contributed by atoms with E-state index in [2.05, 4.69) is 20.6 Å². The minimum Gasteiger partial charge on any atom is -0.450 e. The summed E-state index contributed by atoms with van der Waals surface area (Å²) >= 11 is 0. The van der Waals surface area contributed by atoms with Crippen molar-refractivity contribution in [2.24, 2.45) is 0 Å². The van der Waals surface area contributed by atoms with Crippen molar-refractivity contribution in [3.8, 4) is 11.6 Å². The van der Waals surface area contributed by atoms with Gasteiger partial charge in [0.25, 0.3) is 0 Å². The van der Waals surface area contributed by atoms with E-state index >= 15 is 0 Å². The van der Waals surface area contributed by atoms with Crippen molar-refractivity contribution in [2.75, 3.05) is 5.73 Å². The molecule has 3 rings (SSSR count). The van der Waals surface area contributed by atoms with Crippen molar-refractivity contribution < 1.29 is 4.42 Å². The Kier molecular flexibility index (Phi) is 2.99. The molecule has 0 bridgehead atoms. The lowest BCUT2D eigenvalue weighted by Crippen LogP contribution is -2.10. The van der Waals surface area contributed by atoms with E-state index in [1.54, 1.807) is 24.3 Å². The van der Waals surface area contributed by atoms with Crippen LogP contribution in [0.15, 0.2) is 33.5 Å². The summed E-state index contributed by atoms with van der Waals surface area (Å²) in [7, 11) is 0. The Hall–Kier alpha value is -2.41. The predicted octanol–water partition coefficient (Wildman–Crippen LogP) is 0.977. The number of hydrogen-bond acceptors (Lipinski definition) is 6. The van der Waals surface area contributed by atoms with Gasteiger partial charge in [0.05, 0.1) is 5.39 Å². The molecule has 0 aliphatic carbocycles. The van der Waals surface area contributed by atoms with Crippen molar-refractivity contribution in [3.05, 3.63) is 34.5 Å². The van der Waals surface area contributed by atoms with Gasteiger partial charge in [-0.25, -0.2) is 0 Å². The second-order valence-corrected chi connectivity index (χ2v) is 3.41. The summed E-state index contributed by atoms with van der Waals surface area (Å²) in [4.78, 5) is 12.0. The van der Waals surface area contributed by atoms with E-state index in [4.69, 9.17) is 10.2 Å². The lowest BCUT2D eigenvalue weighted by Gasteiger charge is -2.02. The maximum Gasteiger partial charge on any atom is 0.242 e. The second kappa shape index (κ2) is 4.46. The summed E-state index contributed by atoms with van der Waals surface area (Å²) in [5, 5.41) is 13.6. The molecule has 0 fully saturated rings. The van der Waals surface area contributed by atoms with Crippen LogP contribution in [0, 0.1) is 0 Å². The van der Waals surface area contributed by atoms with Crippen LogP contribution in [-0.2, 0) is 0 Å². The molecule has 0 aliphatic heterocycles. The predicted molar refractivity (Wildman–Crippen MR) is 67.3 cm³/mol. The Labute approximate surface area is 106 Å². The summed E-state index contributed by atoms with van der Waals surface area (Å²) in [6.45, 7) is 0. The molecule has 2 heterocycles. The number of hydrogen-bond donors (Lipinski definition) is 2. The third kappa shape index (κ3) is 1.70. The van der Waals surface area contributed by atoms with Crippen LogP contribution in [0.5, 0.6) is 0 Å². The number of anilines is 1. The number of nitrogens with one attached hydrogen (secondary N) is 1. The van der Waals surface area contributed by atoms with Gasteiger partial charge in [0.1, 0.15) is 11.3 Å². The Morgan fingerprint density at radius 1 is 1.28 bits per heavy atom. The first-order valence-electron chi connectivity index (χ1n) is 4.82. The largest absolute Gasteiger partial charge is 0.450 e. The van der Waals surface area contributed by atoms with Gasteiger partial charge in [0.15, 0.2) is 0 Å². The van der Waals surface area contributed by atoms with Crippen LogP contribution in [0.3, 0.4) is 0 Å². The first-order valence-corrected chi connectivity index (χ1v) is 4.82. The number of halogens is 1. The van der Waals surface area contributed by atoms with Crippen LogP contribution < -0.4 is 11.2 Å². The Morgan fingerprint density at radius 2 is 2.06 bits per heavy atom. The molecular formula is C10H8ClN5O2. The summed E-state index contributed by atoms with van der Waals surface area (Å²) in [5.41, 5.74) is 5.83. The van der Waals surface area contributed by atoms with Crippen molar-refractivity contribution in [2.45, 2.75) is 0 Å². The van der Waals surface area contributed by atoms with Gasteiger partial charge in [-0.2, -0.15) is 5.21 Å². The number of aromatic nitrogens is 4. The number of benzene rings is 1. The lowest BCUT2D eigenvalue weighted by molar-refractivity contribution is 0.615. The molecule has 7 nitrogen and oxygen atoms in total. The summed E-state index contributed by atoms with van der Waals surface area (Å²) in [6, 6.07) is 6.84. The fraction of sp³-hybridized carbons (Fsp3) is 0. The van der Waals surface area contributed by atoms with Crippen LogP contribution in [0.1, 0.15) is 0 Å². The first-order chi connectivity index (χ1) is 8.27. The topological polar surface area (TPSA) is 111 Å². The summed E-state index contributed by atoms with van der Waals surface area (Å²) in [5.74, 6) is 0.285. The molecule has 18 heavy (non-hydrogen) atoms. The lowest BCUT2D eigenvalue weighted by atomic mass is 10.2. The zero-order chi connectivity index (χ0) is 11.8. The molecule has 0 saturated carbocycles. The SMILES string of the molecule is Cl.Nc1c(-c2nn[nH]n2)oc2ccccc2c1=O. The van der Waals surface area contributed by atoms with Crippen LogP contribution in [0.4, 0.5) is 5.69 Å². The highest BCUT2D eigenvalue weighted by Gasteiger charge is 2.16. The van der Waals surface area contributed by atoms with Gasteiger partial charge in [-0.1, -0.05) is 12.1 Å². The molecule has 0 aliphatic rings. The maximum atomic E-state index is 12.0. The number of rotatable bonds is 1. The standard InChI is InChI=1S/C10H7N5O2.ClH/c11-7-8(16)5-3-1-2-4-6(5)17-9(7)10-12-14-15-13-10;/h1-4H,11H2,(H,12,13,14,15);1H. The fourth-order valence-corrected chi connectivity index (χ4v) is 1.58. The van der Waals surface area contributed by atoms with Gasteiger partial charge in [0, 0.05) is 0 Å². The molecular weight excluding hydrogens is 258 g/mol. The number of para-hydroxylation sites is 1. The van der Waals surface area contributed by atoms with Gasteiger partial charge in [-0.3, -0.25) is 4.79 Å². The molecule has 0 spiro atoms. The number of nitrogen functional groups attached to an aromatic ring is 1. The molecule has 8 heteroatoms. The zero-order valence-corrected chi connectivity index (χ0v) is 9.77. The smallest absolute Gasteiger partial charge is 0.242 e. The molecule has 1 aromatic carbocycles. The average molecular weight is 266 g/mol. The number of H-pyrrole nitrogens is 1. The first kappa shape index (κ1) is 12.1. The highest BCUT2D eigenvalue weighted by molar-refractivity contribution is 5.85. The molecule has 0 saturated heterocycles. The molecule has 0 amide bonds. The molecule has 2 aromatic heterocycles. The molecule has 3 N–H and O–H groups in total. The second-order valence-electron chi connectivity index (χ2n) is 3.41. The minimum atomic E-state index is -0.299. The van der Waals surface area contributed by atoms with Crippen molar-refractivity contribution in [1.29, 1.82) is 0 Å². The van der Waals surface area contributed by atoms with Gasteiger partial charge in [0.2, 0.25) is 17.0 Å². The minimum absolute atomic E-state index is 0. The molecule has 0 atom stereocenters. The van der Waals surface area contributed by atoms with Crippen LogP contribution in [0.2, 0.25) is 0 Å². The molecule has 0 unspecified atom stereocenters. The number of aromatic amines is 1. The van der Waals surface area contributed by atoms with Gasteiger partial charge < -0.3 is 10.2 Å². The number of nitrogens with two attached hydrogens (primary N) is 1. The molecule has 3 aromatic rings. The quantitative estimate of drug-likeness (QED) is 0.678. The number of fused-ring (bicyclic) bond motifs is 1. The normalized spacial score (nSPS) is 10.2. The fourth-order valence-electron chi connectivity index (χ4n) is 1.58. The number of tetrazole rings is 1. The van der Waals surface area contributed by atoms with Crippen molar-refractivity contribution in [3.63, 3.8) is 0 Å². The summed E-state index contributed by atoms with van der Waals surface area (Å²) < 4.78 is 5.51. The highest BCUT2D eigenvalue weighted by atomic mass is 35.5. The van der Waals surface area contributed by atoms with E-state index in [0.717, 1.165) is 0 Å². The summed E-state index contributed by atoms with van der Waals surface area (Å²) in [6.07, 6.45) is 0.